The number of nitrogens with zero attached hydrogens (tertiary/aromatic N) is 1. The van der Waals surface area contributed by atoms with Gasteiger partial charge >= 0.3 is 0 Å². The first-order chi connectivity index (χ1) is 16.5. The van der Waals surface area contributed by atoms with E-state index >= 15 is 0 Å². The van der Waals surface area contributed by atoms with Gasteiger partial charge in [0.1, 0.15) is 11.9 Å². The fraction of sp³-hybridized carbons (Fsp3) is 0.250. The van der Waals surface area contributed by atoms with E-state index in [4.69, 9.17) is 9.72 Å². The van der Waals surface area contributed by atoms with E-state index in [9.17, 15) is 8.42 Å². The lowest BCUT2D eigenvalue weighted by Crippen LogP contribution is -2.47. The van der Waals surface area contributed by atoms with Crippen molar-refractivity contribution >= 4 is 20.9 Å². The zero-order valence-corrected chi connectivity index (χ0v) is 20.0. The van der Waals surface area contributed by atoms with E-state index in [0.29, 0.717) is 0 Å². The Labute approximate surface area is 200 Å². The fourth-order valence-electron chi connectivity index (χ4n) is 4.52. The molecule has 4 aromatic rings. The fourth-order valence-corrected chi connectivity index (χ4v) is 5.82. The summed E-state index contributed by atoms with van der Waals surface area (Å²) in [7, 11) is -3.64. The SMILES string of the molecule is Cc1ccc(S(=O)(=O)NC2CCCCC2Oc2cc(-c3ccccc3)nc3ccccc23)cc1. The van der Waals surface area contributed by atoms with Crippen molar-refractivity contribution in [3.8, 4) is 17.0 Å². The Kier molecular flexibility index (Phi) is 6.35. The van der Waals surface area contributed by atoms with Gasteiger partial charge < -0.3 is 4.74 Å². The molecule has 0 spiro atoms. The number of pyridine rings is 1. The summed E-state index contributed by atoms with van der Waals surface area (Å²) < 4.78 is 35.7. The predicted molar refractivity (Wildman–Crippen MR) is 135 cm³/mol. The van der Waals surface area contributed by atoms with Gasteiger partial charge in [0.25, 0.3) is 0 Å². The van der Waals surface area contributed by atoms with Crippen LogP contribution in [-0.4, -0.2) is 25.5 Å². The average molecular weight is 473 g/mol. The lowest BCUT2D eigenvalue weighted by molar-refractivity contribution is 0.126. The summed E-state index contributed by atoms with van der Waals surface area (Å²) in [5.41, 5.74) is 3.73. The standard InChI is InChI=1S/C28H28N2O3S/c1-20-15-17-22(18-16-20)34(31,32)30-25-13-7-8-14-27(25)33-28-19-26(21-9-3-2-4-10-21)29-24-12-6-5-11-23(24)28/h2-6,9-12,15-19,25,27,30H,7-8,13-14H2,1H3. The van der Waals surface area contributed by atoms with Crippen LogP contribution in [0.1, 0.15) is 31.2 Å². The number of sulfonamides is 1. The highest BCUT2D eigenvalue weighted by molar-refractivity contribution is 7.89. The maximum Gasteiger partial charge on any atom is 0.240 e. The second-order valence-corrected chi connectivity index (χ2v) is 10.6. The molecule has 1 fully saturated rings. The molecule has 6 heteroatoms. The van der Waals surface area contributed by atoms with E-state index in [-0.39, 0.29) is 17.0 Å². The minimum absolute atomic E-state index is 0.261. The molecule has 0 amide bonds. The van der Waals surface area contributed by atoms with Crippen LogP contribution < -0.4 is 9.46 Å². The lowest BCUT2D eigenvalue weighted by atomic mass is 9.93. The van der Waals surface area contributed by atoms with Crippen molar-refractivity contribution < 1.29 is 13.2 Å². The zero-order chi connectivity index (χ0) is 23.5. The number of benzene rings is 3. The lowest BCUT2D eigenvalue weighted by Gasteiger charge is -2.32. The third-order valence-electron chi connectivity index (χ3n) is 6.37. The summed E-state index contributed by atoms with van der Waals surface area (Å²) in [4.78, 5) is 5.11. The summed E-state index contributed by atoms with van der Waals surface area (Å²) in [6.45, 7) is 1.94. The third-order valence-corrected chi connectivity index (χ3v) is 7.87. The molecule has 5 rings (SSSR count). The van der Waals surface area contributed by atoms with Gasteiger partial charge in [0, 0.05) is 17.0 Å². The van der Waals surface area contributed by atoms with Crippen molar-refractivity contribution in [1.29, 1.82) is 0 Å². The van der Waals surface area contributed by atoms with Crippen molar-refractivity contribution in [2.24, 2.45) is 0 Å². The van der Waals surface area contributed by atoms with Crippen molar-refractivity contribution in [3.63, 3.8) is 0 Å². The van der Waals surface area contributed by atoms with Gasteiger partial charge in [-0.1, -0.05) is 66.6 Å². The molecule has 0 aliphatic heterocycles. The molecule has 34 heavy (non-hydrogen) atoms. The maximum atomic E-state index is 13.1. The van der Waals surface area contributed by atoms with Gasteiger partial charge in [0.2, 0.25) is 10.0 Å². The van der Waals surface area contributed by atoms with E-state index in [1.54, 1.807) is 12.1 Å². The smallest absolute Gasteiger partial charge is 0.240 e. The topological polar surface area (TPSA) is 68.3 Å². The highest BCUT2D eigenvalue weighted by atomic mass is 32.2. The number of hydrogen-bond donors (Lipinski definition) is 1. The van der Waals surface area contributed by atoms with Crippen LogP contribution in [0.15, 0.2) is 89.8 Å². The Morgan fingerprint density at radius 2 is 1.59 bits per heavy atom. The molecule has 2 unspecified atom stereocenters. The Morgan fingerprint density at radius 3 is 2.38 bits per heavy atom. The molecule has 0 saturated heterocycles. The molecule has 1 aliphatic carbocycles. The summed E-state index contributed by atoms with van der Waals surface area (Å²) in [6, 6.07) is 26.5. The highest BCUT2D eigenvalue weighted by Gasteiger charge is 2.31. The van der Waals surface area contributed by atoms with E-state index in [0.717, 1.165) is 59.2 Å². The van der Waals surface area contributed by atoms with Gasteiger partial charge in [-0.25, -0.2) is 18.1 Å². The Hall–Kier alpha value is -3.22. The summed E-state index contributed by atoms with van der Waals surface area (Å²) >= 11 is 0. The quantitative estimate of drug-likeness (QED) is 0.381. The molecule has 2 atom stereocenters. The molecular weight excluding hydrogens is 444 g/mol. The predicted octanol–water partition coefficient (Wildman–Crippen LogP) is 5.88. The van der Waals surface area contributed by atoms with Gasteiger partial charge in [0.05, 0.1) is 22.1 Å². The van der Waals surface area contributed by atoms with Gasteiger partial charge in [0.15, 0.2) is 0 Å². The van der Waals surface area contributed by atoms with Gasteiger partial charge in [-0.05, 0) is 50.5 Å². The van der Waals surface area contributed by atoms with Crippen LogP contribution in [0.2, 0.25) is 0 Å². The molecule has 3 aromatic carbocycles. The van der Waals surface area contributed by atoms with Crippen molar-refractivity contribution in [3.05, 3.63) is 90.5 Å². The van der Waals surface area contributed by atoms with E-state index in [2.05, 4.69) is 4.72 Å². The minimum atomic E-state index is -3.64. The van der Waals surface area contributed by atoms with Crippen molar-refractivity contribution in [2.75, 3.05) is 0 Å². The van der Waals surface area contributed by atoms with E-state index in [1.807, 2.05) is 79.7 Å². The van der Waals surface area contributed by atoms with Gasteiger partial charge in [-0.15, -0.1) is 0 Å². The van der Waals surface area contributed by atoms with Crippen LogP contribution in [0.3, 0.4) is 0 Å². The molecule has 1 heterocycles. The first-order valence-electron chi connectivity index (χ1n) is 11.7. The second-order valence-electron chi connectivity index (χ2n) is 8.87. The monoisotopic (exact) mass is 472 g/mol. The number of ether oxygens (including phenoxy) is 1. The largest absolute Gasteiger partial charge is 0.488 e. The Morgan fingerprint density at radius 1 is 0.882 bits per heavy atom. The van der Waals surface area contributed by atoms with Crippen LogP contribution in [0.4, 0.5) is 0 Å². The number of rotatable bonds is 6. The Bertz CT molecular complexity index is 1390. The van der Waals surface area contributed by atoms with Crippen LogP contribution >= 0.6 is 0 Å². The number of nitrogens with one attached hydrogen (secondary N) is 1. The normalized spacial score (nSPS) is 18.6. The second kappa shape index (κ2) is 9.57. The van der Waals surface area contributed by atoms with E-state index < -0.39 is 10.0 Å². The number of fused-ring (bicyclic) bond motifs is 1. The number of aryl methyl sites for hydroxylation is 1. The molecular formula is C28H28N2O3S. The van der Waals surface area contributed by atoms with Crippen LogP contribution in [0.25, 0.3) is 22.2 Å². The molecule has 0 radical (unpaired) electrons. The minimum Gasteiger partial charge on any atom is -0.488 e. The number of para-hydroxylation sites is 1. The maximum absolute atomic E-state index is 13.1. The Balaban J connectivity index is 1.46. The zero-order valence-electron chi connectivity index (χ0n) is 19.1. The van der Waals surface area contributed by atoms with Crippen molar-refractivity contribution in [1.82, 2.24) is 9.71 Å². The van der Waals surface area contributed by atoms with Crippen LogP contribution in [0.5, 0.6) is 5.75 Å². The summed E-state index contributed by atoms with van der Waals surface area (Å²) in [5, 5.41) is 0.924. The molecule has 1 aliphatic rings. The first kappa shape index (κ1) is 22.6. The molecule has 1 N–H and O–H groups in total. The number of aromatic nitrogens is 1. The van der Waals surface area contributed by atoms with Gasteiger partial charge in [-0.3, -0.25) is 0 Å². The summed E-state index contributed by atoms with van der Waals surface area (Å²) in [5.74, 6) is 0.732. The van der Waals surface area contributed by atoms with Crippen LogP contribution in [-0.2, 0) is 10.0 Å². The molecule has 1 saturated carbocycles. The highest BCUT2D eigenvalue weighted by Crippen LogP contribution is 2.33. The molecule has 5 nitrogen and oxygen atoms in total. The average Bonchev–Trinajstić information content (AvgIpc) is 2.86. The van der Waals surface area contributed by atoms with Crippen molar-refractivity contribution in [2.45, 2.75) is 49.6 Å². The molecule has 1 aromatic heterocycles. The third kappa shape index (κ3) is 4.83. The van der Waals surface area contributed by atoms with Crippen LogP contribution in [0, 0.1) is 6.92 Å². The summed E-state index contributed by atoms with van der Waals surface area (Å²) in [6.07, 6.45) is 3.24. The van der Waals surface area contributed by atoms with Gasteiger partial charge in [-0.2, -0.15) is 0 Å². The first-order valence-corrected chi connectivity index (χ1v) is 13.2. The molecule has 0 bridgehead atoms. The van der Waals surface area contributed by atoms with E-state index in [1.165, 1.54) is 0 Å². The number of hydrogen-bond acceptors (Lipinski definition) is 4. The molecule has 174 valence electrons.